The van der Waals surface area contributed by atoms with Gasteiger partial charge in [-0.2, -0.15) is 13.1 Å². The van der Waals surface area contributed by atoms with E-state index in [0.717, 1.165) is 40.7 Å². The van der Waals surface area contributed by atoms with E-state index < -0.39 is 45.9 Å². The Labute approximate surface area is 210 Å². The fourth-order valence-corrected chi connectivity index (χ4v) is 6.04. The Bertz CT molecular complexity index is 1370. The van der Waals surface area contributed by atoms with Crippen LogP contribution in [0.4, 0.5) is 22.0 Å². The quantitative estimate of drug-likeness (QED) is 0.326. The second kappa shape index (κ2) is 11.0. The van der Waals surface area contributed by atoms with Crippen molar-refractivity contribution < 1.29 is 39.9 Å². The minimum absolute atomic E-state index is 0.0213. The third-order valence-corrected chi connectivity index (χ3v) is 8.04. The maximum atomic E-state index is 14.1. The molecule has 1 saturated heterocycles. The minimum atomic E-state index is -3.98. The average Bonchev–Trinajstić information content (AvgIpc) is 3.36. The zero-order chi connectivity index (χ0) is 26.7. The zero-order valence-electron chi connectivity index (χ0n) is 19.3. The van der Waals surface area contributed by atoms with Crippen molar-refractivity contribution >= 4 is 15.8 Å². The summed E-state index contributed by atoms with van der Waals surface area (Å²) in [6.45, 7) is -3.20. The van der Waals surface area contributed by atoms with Crippen LogP contribution in [-0.4, -0.2) is 37.7 Å². The number of rotatable bonds is 9. The first-order valence-electron chi connectivity index (χ1n) is 11.4. The number of hydrogen-bond donors (Lipinski definition) is 0. The van der Waals surface area contributed by atoms with E-state index in [9.17, 15) is 35.2 Å². The summed E-state index contributed by atoms with van der Waals surface area (Å²) >= 11 is 0. The van der Waals surface area contributed by atoms with Crippen molar-refractivity contribution in [3.63, 3.8) is 0 Å². The van der Waals surface area contributed by atoms with E-state index in [2.05, 4.69) is 4.74 Å². The van der Waals surface area contributed by atoms with Crippen LogP contribution in [0.3, 0.4) is 0 Å². The number of carbonyl (C=O) groups is 1. The fraction of sp³-hybridized carbons (Fsp3) is 0.269. The van der Waals surface area contributed by atoms with Crippen LogP contribution in [0.25, 0.3) is 11.1 Å². The highest BCUT2D eigenvalue weighted by atomic mass is 32.2. The normalized spacial score (nSPS) is 16.3. The summed E-state index contributed by atoms with van der Waals surface area (Å²) < 4.78 is 97.3. The molecule has 0 amide bonds. The van der Waals surface area contributed by atoms with Gasteiger partial charge in [-0.15, -0.1) is 0 Å². The number of benzene rings is 3. The fourth-order valence-electron chi connectivity index (χ4n) is 4.36. The highest BCUT2D eigenvalue weighted by molar-refractivity contribution is 7.89. The van der Waals surface area contributed by atoms with Crippen molar-refractivity contribution in [2.75, 3.05) is 6.54 Å². The molecular formula is C26H22F5NO4S. The Balaban J connectivity index is 1.47. The predicted molar refractivity (Wildman–Crippen MR) is 125 cm³/mol. The van der Waals surface area contributed by atoms with Gasteiger partial charge in [-0.25, -0.2) is 21.6 Å². The summed E-state index contributed by atoms with van der Waals surface area (Å²) in [6, 6.07) is 11.8. The number of halogens is 5. The molecule has 3 aromatic rings. The van der Waals surface area contributed by atoms with Gasteiger partial charge in [0.1, 0.15) is 5.82 Å². The maximum absolute atomic E-state index is 14.1. The molecule has 4 rings (SSSR count). The first kappa shape index (κ1) is 26.7. The van der Waals surface area contributed by atoms with Crippen molar-refractivity contribution in [3.05, 3.63) is 83.7 Å². The van der Waals surface area contributed by atoms with Gasteiger partial charge in [0.05, 0.1) is 10.9 Å². The molecule has 1 atom stereocenters. The zero-order valence-corrected chi connectivity index (χ0v) is 20.2. The largest absolute Gasteiger partial charge is 0.429 e. The molecule has 0 radical (unpaired) electrons. The molecule has 196 valence electrons. The summed E-state index contributed by atoms with van der Waals surface area (Å²) in [5.41, 5.74) is 1.15. The van der Waals surface area contributed by atoms with Gasteiger partial charge in [0.25, 0.3) is 0 Å². The van der Waals surface area contributed by atoms with E-state index in [1.165, 1.54) is 0 Å². The number of Topliss-reactive ketones (excluding diaryl/α,β-unsaturated/α-hetero) is 1. The standard InChI is InChI=1S/C26H22F5NO4S/c27-19-7-9-20(10-8-19)37(34,35)32-12-2-5-23(32)24(33)11-6-16-3-1-4-17(13-16)18-14-21(28)25(22(29)15-18)36-26(30)31/h1,3-4,7-10,13-15,23,26H,2,5-6,11-12H2/t23-/m0/s1. The molecule has 1 heterocycles. The monoisotopic (exact) mass is 539 g/mol. The van der Waals surface area contributed by atoms with E-state index in [1.54, 1.807) is 24.3 Å². The van der Waals surface area contributed by atoms with Crippen LogP contribution in [0, 0.1) is 17.5 Å². The van der Waals surface area contributed by atoms with Crippen LogP contribution >= 0.6 is 0 Å². The number of carbonyl (C=O) groups excluding carboxylic acids is 1. The lowest BCUT2D eigenvalue weighted by molar-refractivity contribution is -0.122. The second-order valence-corrected chi connectivity index (χ2v) is 10.4. The van der Waals surface area contributed by atoms with Gasteiger partial charge in [0.2, 0.25) is 10.0 Å². The molecule has 0 spiro atoms. The Kier molecular flexibility index (Phi) is 7.93. The molecule has 0 aliphatic carbocycles. The van der Waals surface area contributed by atoms with Crippen molar-refractivity contribution in [1.29, 1.82) is 0 Å². The number of ketones is 1. The highest BCUT2D eigenvalue weighted by Gasteiger charge is 2.38. The van der Waals surface area contributed by atoms with Crippen LogP contribution in [0.5, 0.6) is 5.75 Å². The summed E-state index contributed by atoms with van der Waals surface area (Å²) in [7, 11) is -3.98. The number of aryl methyl sites for hydroxylation is 1. The smallest absolute Gasteiger partial charge is 0.387 e. The molecule has 0 aromatic heterocycles. The van der Waals surface area contributed by atoms with Gasteiger partial charge in [0.15, 0.2) is 23.2 Å². The van der Waals surface area contributed by atoms with E-state index >= 15 is 0 Å². The summed E-state index contributed by atoms with van der Waals surface area (Å²) in [5.74, 6) is -4.58. The van der Waals surface area contributed by atoms with Gasteiger partial charge in [-0.3, -0.25) is 4.79 Å². The van der Waals surface area contributed by atoms with Crippen molar-refractivity contribution in [2.45, 2.75) is 43.2 Å². The lowest BCUT2D eigenvalue weighted by Gasteiger charge is -2.23. The molecule has 0 N–H and O–H groups in total. The molecule has 5 nitrogen and oxygen atoms in total. The molecule has 3 aromatic carbocycles. The molecule has 11 heteroatoms. The maximum Gasteiger partial charge on any atom is 0.387 e. The molecule has 37 heavy (non-hydrogen) atoms. The first-order valence-corrected chi connectivity index (χ1v) is 12.8. The van der Waals surface area contributed by atoms with Gasteiger partial charge < -0.3 is 4.74 Å². The SMILES string of the molecule is O=C(CCc1cccc(-c2cc(F)c(OC(F)F)c(F)c2)c1)[C@@H]1CCCN1S(=O)(=O)c1ccc(F)cc1. The summed E-state index contributed by atoms with van der Waals surface area (Å²) in [5, 5.41) is 0. The summed E-state index contributed by atoms with van der Waals surface area (Å²) in [6.07, 6.45) is 1.14. The number of nitrogens with zero attached hydrogens (tertiary/aromatic N) is 1. The van der Waals surface area contributed by atoms with Gasteiger partial charge in [0, 0.05) is 13.0 Å². The lowest BCUT2D eigenvalue weighted by atomic mass is 9.98. The van der Waals surface area contributed by atoms with Crippen LogP contribution in [0.2, 0.25) is 0 Å². The van der Waals surface area contributed by atoms with Gasteiger partial charge >= 0.3 is 6.61 Å². The number of ether oxygens (including phenoxy) is 1. The number of hydrogen-bond acceptors (Lipinski definition) is 4. The topological polar surface area (TPSA) is 63.7 Å². The Morgan fingerprint density at radius 2 is 1.65 bits per heavy atom. The molecule has 0 unspecified atom stereocenters. The Morgan fingerprint density at radius 1 is 0.973 bits per heavy atom. The molecule has 0 saturated carbocycles. The molecule has 1 aliphatic rings. The van der Waals surface area contributed by atoms with Gasteiger partial charge in [-0.05, 0) is 72.4 Å². The molecular weight excluding hydrogens is 517 g/mol. The number of sulfonamides is 1. The van der Waals surface area contributed by atoms with Crippen molar-refractivity contribution in [3.8, 4) is 16.9 Å². The first-order chi connectivity index (χ1) is 17.6. The average molecular weight is 540 g/mol. The Morgan fingerprint density at radius 3 is 2.30 bits per heavy atom. The van der Waals surface area contributed by atoms with Gasteiger partial charge in [-0.1, -0.05) is 24.3 Å². The molecule has 1 fully saturated rings. The second-order valence-electron chi connectivity index (χ2n) is 8.54. The summed E-state index contributed by atoms with van der Waals surface area (Å²) in [4.78, 5) is 12.9. The Hall–Kier alpha value is -3.31. The van der Waals surface area contributed by atoms with Crippen LogP contribution < -0.4 is 4.74 Å². The van der Waals surface area contributed by atoms with Crippen LogP contribution in [0.1, 0.15) is 24.8 Å². The minimum Gasteiger partial charge on any atom is -0.429 e. The number of alkyl halides is 2. The molecule has 0 bridgehead atoms. The van der Waals surface area contributed by atoms with Crippen molar-refractivity contribution in [2.24, 2.45) is 0 Å². The van der Waals surface area contributed by atoms with E-state index in [4.69, 9.17) is 0 Å². The van der Waals surface area contributed by atoms with E-state index in [0.29, 0.717) is 24.0 Å². The van der Waals surface area contributed by atoms with E-state index in [1.807, 2.05) is 0 Å². The highest BCUT2D eigenvalue weighted by Crippen LogP contribution is 2.31. The van der Waals surface area contributed by atoms with Crippen LogP contribution in [-0.2, 0) is 21.2 Å². The van der Waals surface area contributed by atoms with E-state index in [-0.39, 0.29) is 35.6 Å². The third kappa shape index (κ3) is 5.99. The third-order valence-electron chi connectivity index (χ3n) is 6.12. The molecule has 1 aliphatic heterocycles. The van der Waals surface area contributed by atoms with Crippen LogP contribution in [0.15, 0.2) is 65.6 Å². The van der Waals surface area contributed by atoms with Crippen molar-refractivity contribution in [1.82, 2.24) is 4.31 Å². The lowest BCUT2D eigenvalue weighted by Crippen LogP contribution is -2.40. The predicted octanol–water partition coefficient (Wildman–Crippen LogP) is 5.73.